The molecule has 2 saturated heterocycles. The third-order valence-electron chi connectivity index (χ3n) is 4.01. The average molecular weight is 224 g/mol. The Balaban J connectivity index is 1.96. The van der Waals surface area contributed by atoms with Crippen molar-refractivity contribution in [1.82, 2.24) is 10.2 Å². The van der Waals surface area contributed by atoms with Crippen LogP contribution in [-0.4, -0.2) is 36.0 Å². The van der Waals surface area contributed by atoms with Crippen molar-refractivity contribution < 1.29 is 4.79 Å². The van der Waals surface area contributed by atoms with Crippen molar-refractivity contribution in [3.63, 3.8) is 0 Å². The Kier molecular flexibility index (Phi) is 3.85. The summed E-state index contributed by atoms with van der Waals surface area (Å²) in [6.45, 7) is 6.40. The Morgan fingerprint density at radius 3 is 2.69 bits per heavy atom. The Bertz CT molecular complexity index is 248. The summed E-state index contributed by atoms with van der Waals surface area (Å²) >= 11 is 0. The molecule has 3 heteroatoms. The molecule has 1 N–H and O–H groups in total. The van der Waals surface area contributed by atoms with E-state index in [4.69, 9.17) is 0 Å². The summed E-state index contributed by atoms with van der Waals surface area (Å²) in [5.74, 6) is 1.02. The molecule has 0 saturated carbocycles. The predicted molar refractivity (Wildman–Crippen MR) is 65.2 cm³/mol. The van der Waals surface area contributed by atoms with Gasteiger partial charge >= 0.3 is 0 Å². The first kappa shape index (κ1) is 11.9. The molecular weight excluding hydrogens is 200 g/mol. The first-order valence-corrected chi connectivity index (χ1v) is 6.72. The third kappa shape index (κ3) is 2.57. The van der Waals surface area contributed by atoms with Crippen LogP contribution in [0.5, 0.6) is 0 Å². The van der Waals surface area contributed by atoms with E-state index < -0.39 is 0 Å². The van der Waals surface area contributed by atoms with Crippen molar-refractivity contribution >= 4 is 5.91 Å². The van der Waals surface area contributed by atoms with Gasteiger partial charge in [0.25, 0.3) is 0 Å². The second kappa shape index (κ2) is 5.17. The normalized spacial score (nSPS) is 36.1. The van der Waals surface area contributed by atoms with Gasteiger partial charge in [-0.05, 0) is 45.1 Å². The van der Waals surface area contributed by atoms with Gasteiger partial charge in [0.05, 0.1) is 6.04 Å². The fourth-order valence-electron chi connectivity index (χ4n) is 2.86. The summed E-state index contributed by atoms with van der Waals surface area (Å²) in [5.41, 5.74) is 0. The molecular formula is C13H24N2O. The van der Waals surface area contributed by atoms with E-state index in [0.717, 1.165) is 19.5 Å². The lowest BCUT2D eigenvalue weighted by atomic mass is 9.93. The van der Waals surface area contributed by atoms with Crippen LogP contribution in [0.3, 0.4) is 0 Å². The highest BCUT2D eigenvalue weighted by Crippen LogP contribution is 2.23. The van der Waals surface area contributed by atoms with E-state index in [1.54, 1.807) is 0 Å². The van der Waals surface area contributed by atoms with E-state index in [1.807, 2.05) is 0 Å². The van der Waals surface area contributed by atoms with Crippen LogP contribution in [-0.2, 0) is 4.79 Å². The van der Waals surface area contributed by atoms with Crippen LogP contribution < -0.4 is 5.32 Å². The van der Waals surface area contributed by atoms with Crippen molar-refractivity contribution in [2.75, 3.05) is 13.1 Å². The van der Waals surface area contributed by atoms with Crippen molar-refractivity contribution in [1.29, 1.82) is 0 Å². The molecule has 3 nitrogen and oxygen atoms in total. The van der Waals surface area contributed by atoms with E-state index >= 15 is 0 Å². The maximum atomic E-state index is 12.4. The van der Waals surface area contributed by atoms with Gasteiger partial charge in [-0.3, -0.25) is 4.79 Å². The standard InChI is InChI=1S/C13H24N2O/c1-10-6-7-11(2)15(9-10)13(16)12-5-3-4-8-14-12/h10-12,14H,3-9H2,1-2H3/t10?,11?,12-/m0/s1. The number of nitrogens with zero attached hydrogens (tertiary/aromatic N) is 1. The van der Waals surface area contributed by atoms with Gasteiger partial charge in [-0.25, -0.2) is 0 Å². The highest BCUT2D eigenvalue weighted by Gasteiger charge is 2.31. The van der Waals surface area contributed by atoms with E-state index in [-0.39, 0.29) is 6.04 Å². The molecule has 1 amide bonds. The molecule has 2 aliphatic heterocycles. The fourth-order valence-corrected chi connectivity index (χ4v) is 2.86. The molecule has 2 aliphatic rings. The lowest BCUT2D eigenvalue weighted by Gasteiger charge is -2.39. The van der Waals surface area contributed by atoms with Gasteiger partial charge in [0.1, 0.15) is 0 Å². The molecule has 2 rings (SSSR count). The number of nitrogens with one attached hydrogen (secondary N) is 1. The number of likely N-dealkylation sites (tertiary alicyclic amines) is 1. The van der Waals surface area contributed by atoms with Crippen LogP contribution in [0.4, 0.5) is 0 Å². The van der Waals surface area contributed by atoms with Gasteiger partial charge in [0.15, 0.2) is 0 Å². The highest BCUT2D eigenvalue weighted by atomic mass is 16.2. The van der Waals surface area contributed by atoms with Gasteiger partial charge < -0.3 is 10.2 Å². The van der Waals surface area contributed by atoms with Crippen molar-refractivity contribution in [3.05, 3.63) is 0 Å². The maximum absolute atomic E-state index is 12.4. The molecule has 2 fully saturated rings. The monoisotopic (exact) mass is 224 g/mol. The SMILES string of the molecule is CC1CCC(C)N(C(=O)[C@@H]2CCCCN2)C1. The van der Waals surface area contributed by atoms with Crippen LogP contribution in [0, 0.1) is 5.92 Å². The second-order valence-electron chi connectivity index (χ2n) is 5.52. The minimum atomic E-state index is 0.0986. The minimum absolute atomic E-state index is 0.0986. The van der Waals surface area contributed by atoms with Gasteiger partial charge in [-0.2, -0.15) is 0 Å². The average Bonchev–Trinajstić information content (AvgIpc) is 2.32. The molecule has 0 aliphatic carbocycles. The quantitative estimate of drug-likeness (QED) is 0.736. The fraction of sp³-hybridized carbons (Fsp3) is 0.923. The zero-order chi connectivity index (χ0) is 11.5. The Morgan fingerprint density at radius 1 is 1.19 bits per heavy atom. The number of piperidine rings is 2. The molecule has 92 valence electrons. The summed E-state index contributed by atoms with van der Waals surface area (Å²) in [6, 6.07) is 0.536. The largest absolute Gasteiger partial charge is 0.338 e. The van der Waals surface area contributed by atoms with Gasteiger partial charge in [0.2, 0.25) is 5.91 Å². The Hall–Kier alpha value is -0.570. The van der Waals surface area contributed by atoms with Gasteiger partial charge in [-0.1, -0.05) is 13.3 Å². The van der Waals surface area contributed by atoms with E-state index in [2.05, 4.69) is 24.1 Å². The molecule has 0 aromatic rings. The van der Waals surface area contributed by atoms with Gasteiger partial charge in [-0.15, -0.1) is 0 Å². The number of carbonyl (C=O) groups excluding carboxylic acids is 1. The van der Waals surface area contributed by atoms with E-state index in [0.29, 0.717) is 17.9 Å². The molecule has 2 unspecified atom stereocenters. The molecule has 3 atom stereocenters. The predicted octanol–water partition coefficient (Wildman–Crippen LogP) is 1.78. The van der Waals surface area contributed by atoms with Gasteiger partial charge in [0, 0.05) is 12.6 Å². The lowest BCUT2D eigenvalue weighted by Crippen LogP contribution is -2.54. The summed E-state index contributed by atoms with van der Waals surface area (Å²) in [4.78, 5) is 14.5. The smallest absolute Gasteiger partial charge is 0.239 e. The number of rotatable bonds is 1. The topological polar surface area (TPSA) is 32.3 Å². The zero-order valence-corrected chi connectivity index (χ0v) is 10.5. The van der Waals surface area contributed by atoms with Crippen molar-refractivity contribution in [2.45, 2.75) is 58.0 Å². The Morgan fingerprint density at radius 2 is 2.00 bits per heavy atom. The number of hydrogen-bond donors (Lipinski definition) is 1. The van der Waals surface area contributed by atoms with Crippen LogP contribution >= 0.6 is 0 Å². The second-order valence-corrected chi connectivity index (χ2v) is 5.52. The highest BCUT2D eigenvalue weighted by molar-refractivity contribution is 5.82. The first-order valence-electron chi connectivity index (χ1n) is 6.72. The Labute approximate surface area is 98.6 Å². The molecule has 0 aromatic heterocycles. The molecule has 0 bridgehead atoms. The molecule has 0 spiro atoms. The van der Waals surface area contributed by atoms with Crippen LogP contribution in [0.2, 0.25) is 0 Å². The van der Waals surface area contributed by atoms with Crippen LogP contribution in [0.15, 0.2) is 0 Å². The lowest BCUT2D eigenvalue weighted by molar-refractivity contribution is -0.138. The molecule has 0 aromatic carbocycles. The first-order chi connectivity index (χ1) is 7.68. The van der Waals surface area contributed by atoms with Crippen molar-refractivity contribution in [2.24, 2.45) is 5.92 Å². The summed E-state index contributed by atoms with van der Waals surface area (Å²) in [5, 5.41) is 3.36. The maximum Gasteiger partial charge on any atom is 0.239 e. The van der Waals surface area contributed by atoms with E-state index in [9.17, 15) is 4.79 Å². The number of carbonyl (C=O) groups is 1. The molecule has 0 radical (unpaired) electrons. The van der Waals surface area contributed by atoms with Crippen LogP contribution in [0.25, 0.3) is 0 Å². The van der Waals surface area contributed by atoms with E-state index in [1.165, 1.54) is 25.7 Å². The summed E-state index contributed by atoms with van der Waals surface area (Å²) in [6.07, 6.45) is 5.87. The number of amides is 1. The summed E-state index contributed by atoms with van der Waals surface area (Å²) < 4.78 is 0. The van der Waals surface area contributed by atoms with Crippen LogP contribution in [0.1, 0.15) is 46.0 Å². The molecule has 2 heterocycles. The number of hydrogen-bond acceptors (Lipinski definition) is 2. The van der Waals surface area contributed by atoms with Crippen molar-refractivity contribution in [3.8, 4) is 0 Å². The minimum Gasteiger partial charge on any atom is -0.338 e. The zero-order valence-electron chi connectivity index (χ0n) is 10.5. The molecule has 16 heavy (non-hydrogen) atoms. The summed E-state index contributed by atoms with van der Waals surface area (Å²) in [7, 11) is 0. The third-order valence-corrected chi connectivity index (χ3v) is 4.01.